The lowest BCUT2D eigenvalue weighted by Crippen LogP contribution is -2.57. The molecule has 3 aliphatic rings. The van der Waals surface area contributed by atoms with Crippen LogP contribution < -0.4 is 10.0 Å². The van der Waals surface area contributed by atoms with Gasteiger partial charge in [0.2, 0.25) is 10.0 Å². The zero-order chi connectivity index (χ0) is 15.0. The first-order valence-electron chi connectivity index (χ1n) is 7.44. The zero-order valence-electron chi connectivity index (χ0n) is 12.5. The summed E-state index contributed by atoms with van der Waals surface area (Å²) in [5.74, 6) is 0.463. The van der Waals surface area contributed by atoms with E-state index in [4.69, 9.17) is 0 Å². The van der Waals surface area contributed by atoms with Crippen molar-refractivity contribution in [1.29, 1.82) is 0 Å². The number of H-pyrrole nitrogens is 1. The van der Waals surface area contributed by atoms with Gasteiger partial charge in [-0.05, 0) is 45.8 Å². The van der Waals surface area contributed by atoms with E-state index in [1.807, 2.05) is 0 Å². The molecule has 3 saturated heterocycles. The largest absolute Gasteiger partial charge is 0.314 e. The van der Waals surface area contributed by atoms with Crippen molar-refractivity contribution in [3.8, 4) is 0 Å². The molecule has 4 rings (SSSR count). The van der Waals surface area contributed by atoms with Crippen molar-refractivity contribution < 1.29 is 8.42 Å². The molecule has 3 aliphatic heterocycles. The third-order valence-electron chi connectivity index (χ3n) is 4.54. The molecule has 3 N–H and O–H groups in total. The number of aryl methyl sites for hydroxylation is 1. The molecule has 0 spiro atoms. The number of piperidine rings is 3. The summed E-state index contributed by atoms with van der Waals surface area (Å²) in [6.07, 6.45) is 2.17. The molecule has 2 bridgehead atoms. The van der Waals surface area contributed by atoms with E-state index in [0.29, 0.717) is 28.7 Å². The SMILES string of the molecule is CNCc1n[nH]c(C)c1S(=O)(=O)NC1CN2CCC1CC2. The molecule has 0 aliphatic carbocycles. The quantitative estimate of drug-likeness (QED) is 0.701. The molecule has 3 fully saturated rings. The van der Waals surface area contributed by atoms with Gasteiger partial charge < -0.3 is 10.2 Å². The van der Waals surface area contributed by atoms with Crippen molar-refractivity contribution in [3.05, 3.63) is 11.4 Å². The second-order valence-corrected chi connectivity index (χ2v) is 7.67. The number of nitrogens with zero attached hydrogens (tertiary/aromatic N) is 2. The molecular formula is C13H23N5O2S. The lowest BCUT2D eigenvalue weighted by Gasteiger charge is -2.44. The average molecular weight is 313 g/mol. The van der Waals surface area contributed by atoms with Crippen LogP contribution in [0.25, 0.3) is 0 Å². The Morgan fingerprint density at radius 1 is 1.38 bits per heavy atom. The Balaban J connectivity index is 1.82. The molecule has 1 aromatic heterocycles. The van der Waals surface area contributed by atoms with Gasteiger partial charge >= 0.3 is 0 Å². The molecule has 1 aromatic rings. The van der Waals surface area contributed by atoms with E-state index in [1.54, 1.807) is 14.0 Å². The highest BCUT2D eigenvalue weighted by Gasteiger charge is 2.37. The summed E-state index contributed by atoms with van der Waals surface area (Å²) in [4.78, 5) is 2.64. The standard InChI is InChI=1S/C13H23N5O2S/c1-9-13(11(7-14-2)16-15-9)21(19,20)17-12-8-18-5-3-10(12)4-6-18/h10,12,14,17H,3-8H2,1-2H3,(H,15,16). The first kappa shape index (κ1) is 15.0. The predicted octanol–water partition coefficient (Wildman–Crippen LogP) is -0.190. The van der Waals surface area contributed by atoms with Gasteiger partial charge in [0.05, 0.1) is 11.4 Å². The van der Waals surface area contributed by atoms with Gasteiger partial charge in [-0.2, -0.15) is 5.10 Å². The van der Waals surface area contributed by atoms with E-state index in [2.05, 4.69) is 25.1 Å². The third-order valence-corrected chi connectivity index (χ3v) is 6.23. The monoisotopic (exact) mass is 313 g/mol. The first-order valence-corrected chi connectivity index (χ1v) is 8.92. The Kier molecular flexibility index (Phi) is 4.04. The maximum atomic E-state index is 12.7. The lowest BCUT2D eigenvalue weighted by atomic mass is 9.85. The van der Waals surface area contributed by atoms with Gasteiger partial charge in [0.1, 0.15) is 4.90 Å². The number of nitrogens with one attached hydrogen (secondary N) is 3. The predicted molar refractivity (Wildman–Crippen MR) is 79.4 cm³/mol. The molecule has 0 radical (unpaired) electrons. The van der Waals surface area contributed by atoms with Crippen molar-refractivity contribution in [2.45, 2.75) is 37.2 Å². The molecule has 7 nitrogen and oxygen atoms in total. The molecule has 1 atom stereocenters. The molecular weight excluding hydrogens is 290 g/mol. The lowest BCUT2D eigenvalue weighted by molar-refractivity contribution is 0.0827. The zero-order valence-corrected chi connectivity index (χ0v) is 13.3. The fourth-order valence-electron chi connectivity index (χ4n) is 3.47. The van der Waals surface area contributed by atoms with Gasteiger partial charge in [-0.1, -0.05) is 0 Å². The van der Waals surface area contributed by atoms with E-state index in [-0.39, 0.29) is 6.04 Å². The van der Waals surface area contributed by atoms with Gasteiger partial charge in [0, 0.05) is 19.1 Å². The molecule has 4 heterocycles. The van der Waals surface area contributed by atoms with Gasteiger partial charge in [-0.3, -0.25) is 5.10 Å². The Morgan fingerprint density at radius 3 is 2.67 bits per heavy atom. The number of fused-ring (bicyclic) bond motifs is 3. The van der Waals surface area contributed by atoms with Crippen molar-refractivity contribution in [1.82, 2.24) is 25.1 Å². The molecule has 1 unspecified atom stereocenters. The van der Waals surface area contributed by atoms with Crippen LogP contribution in [0, 0.1) is 12.8 Å². The van der Waals surface area contributed by atoms with Gasteiger partial charge in [0.15, 0.2) is 0 Å². The topological polar surface area (TPSA) is 90.1 Å². The molecule has 21 heavy (non-hydrogen) atoms. The molecule has 8 heteroatoms. The number of hydrogen-bond acceptors (Lipinski definition) is 5. The second-order valence-electron chi connectivity index (χ2n) is 6.02. The van der Waals surface area contributed by atoms with Crippen LogP contribution in [0.4, 0.5) is 0 Å². The summed E-state index contributed by atoms with van der Waals surface area (Å²) in [6.45, 7) is 5.19. The number of aromatic amines is 1. The fraction of sp³-hybridized carbons (Fsp3) is 0.769. The number of sulfonamides is 1. The fourth-order valence-corrected chi connectivity index (χ4v) is 5.13. The summed E-state index contributed by atoms with van der Waals surface area (Å²) >= 11 is 0. The Labute approximate surface area is 125 Å². The Hall–Kier alpha value is -0.960. The minimum atomic E-state index is -3.53. The summed E-state index contributed by atoms with van der Waals surface area (Å²) < 4.78 is 28.4. The normalized spacial score (nSPS) is 29.0. The van der Waals surface area contributed by atoms with Crippen molar-refractivity contribution in [3.63, 3.8) is 0 Å². The highest BCUT2D eigenvalue weighted by molar-refractivity contribution is 7.89. The van der Waals surface area contributed by atoms with Crippen molar-refractivity contribution in [2.75, 3.05) is 26.7 Å². The minimum Gasteiger partial charge on any atom is -0.314 e. The maximum Gasteiger partial charge on any atom is 0.244 e. The van der Waals surface area contributed by atoms with E-state index in [1.165, 1.54) is 0 Å². The Morgan fingerprint density at radius 2 is 2.10 bits per heavy atom. The Bertz CT molecular complexity index is 604. The van der Waals surface area contributed by atoms with Crippen LogP contribution in [0.15, 0.2) is 4.90 Å². The van der Waals surface area contributed by atoms with Crippen LogP contribution in [0.3, 0.4) is 0 Å². The van der Waals surface area contributed by atoms with E-state index < -0.39 is 10.0 Å². The first-order chi connectivity index (χ1) is 10.0. The van der Waals surface area contributed by atoms with E-state index in [9.17, 15) is 8.42 Å². The van der Waals surface area contributed by atoms with Crippen LogP contribution in [0.5, 0.6) is 0 Å². The second kappa shape index (κ2) is 5.68. The highest BCUT2D eigenvalue weighted by atomic mass is 32.2. The van der Waals surface area contributed by atoms with E-state index >= 15 is 0 Å². The van der Waals surface area contributed by atoms with Crippen molar-refractivity contribution >= 4 is 10.0 Å². The van der Waals surface area contributed by atoms with E-state index in [0.717, 1.165) is 32.5 Å². The van der Waals surface area contributed by atoms with Crippen molar-refractivity contribution in [2.24, 2.45) is 5.92 Å². The van der Waals surface area contributed by atoms with Gasteiger partial charge in [-0.15, -0.1) is 0 Å². The number of rotatable bonds is 5. The van der Waals surface area contributed by atoms with Gasteiger partial charge in [0.25, 0.3) is 0 Å². The number of aromatic nitrogens is 2. The summed E-state index contributed by atoms with van der Waals surface area (Å²) in [5.41, 5.74) is 1.14. The highest BCUT2D eigenvalue weighted by Crippen LogP contribution is 2.29. The molecule has 118 valence electrons. The maximum absolute atomic E-state index is 12.7. The smallest absolute Gasteiger partial charge is 0.244 e. The number of hydrogen-bond donors (Lipinski definition) is 3. The van der Waals surface area contributed by atoms with Crippen LogP contribution in [-0.2, 0) is 16.6 Å². The summed E-state index contributed by atoms with van der Waals surface area (Å²) in [5, 5.41) is 9.83. The summed E-state index contributed by atoms with van der Waals surface area (Å²) in [6, 6.07) is 0.0224. The van der Waals surface area contributed by atoms with Gasteiger partial charge in [-0.25, -0.2) is 13.1 Å². The average Bonchev–Trinajstić information content (AvgIpc) is 2.82. The molecule has 0 saturated carbocycles. The third kappa shape index (κ3) is 2.85. The summed E-state index contributed by atoms with van der Waals surface area (Å²) in [7, 11) is -1.75. The van der Waals surface area contributed by atoms with Crippen LogP contribution in [0.2, 0.25) is 0 Å². The van der Waals surface area contributed by atoms with Crippen LogP contribution >= 0.6 is 0 Å². The molecule has 0 amide bonds. The molecule has 0 aromatic carbocycles. The minimum absolute atomic E-state index is 0.0224. The van der Waals surface area contributed by atoms with Crippen LogP contribution in [-0.4, -0.2) is 56.2 Å². The van der Waals surface area contributed by atoms with Crippen LogP contribution in [0.1, 0.15) is 24.2 Å².